The molecule has 0 saturated heterocycles. The molecule has 0 aliphatic heterocycles. The molecule has 0 heterocycles. The molecule has 17 heavy (non-hydrogen) atoms. The molecule has 1 N–H and O–H groups in total. The smallest absolute Gasteiger partial charge is 0.251 e. The zero-order valence-corrected chi connectivity index (χ0v) is 9.52. The fourth-order valence-corrected chi connectivity index (χ4v) is 1.66. The van der Waals surface area contributed by atoms with Crippen molar-refractivity contribution in [3.8, 4) is 11.1 Å². The van der Waals surface area contributed by atoms with Crippen LogP contribution in [0.4, 0.5) is 0 Å². The van der Waals surface area contributed by atoms with E-state index in [1.807, 2.05) is 54.6 Å². The van der Waals surface area contributed by atoms with E-state index in [-0.39, 0.29) is 5.91 Å². The molecule has 0 aliphatic carbocycles. The largest absolute Gasteiger partial charge is 0.352 e. The molecule has 2 heteroatoms. The minimum atomic E-state index is -0.0837. The Hall–Kier alpha value is -2.09. The van der Waals surface area contributed by atoms with Gasteiger partial charge in [-0.1, -0.05) is 42.5 Å². The van der Waals surface area contributed by atoms with Gasteiger partial charge in [-0.3, -0.25) is 4.79 Å². The zero-order valence-electron chi connectivity index (χ0n) is 9.52. The third kappa shape index (κ3) is 2.72. The highest BCUT2D eigenvalue weighted by Gasteiger charge is 2.03. The molecular formula is C15H14NO. The normalized spacial score (nSPS) is 9.94. The Morgan fingerprint density at radius 3 is 2.12 bits per heavy atom. The highest BCUT2D eigenvalue weighted by Crippen LogP contribution is 2.19. The molecule has 0 aliphatic rings. The number of hydrogen-bond donors (Lipinski definition) is 1. The molecule has 2 aromatic carbocycles. The summed E-state index contributed by atoms with van der Waals surface area (Å²) >= 11 is 0. The second-order valence-corrected chi connectivity index (χ2v) is 3.70. The van der Waals surface area contributed by atoms with Crippen LogP contribution in [0.1, 0.15) is 10.4 Å². The second-order valence-electron chi connectivity index (χ2n) is 3.70. The predicted molar refractivity (Wildman–Crippen MR) is 69.6 cm³/mol. The van der Waals surface area contributed by atoms with E-state index in [1.54, 1.807) is 0 Å². The average molecular weight is 224 g/mol. The van der Waals surface area contributed by atoms with Crippen molar-refractivity contribution < 1.29 is 4.79 Å². The van der Waals surface area contributed by atoms with Crippen LogP contribution in [-0.2, 0) is 0 Å². The summed E-state index contributed by atoms with van der Waals surface area (Å²) in [5, 5.41) is 2.67. The predicted octanol–water partition coefficient (Wildman–Crippen LogP) is 2.92. The van der Waals surface area contributed by atoms with Gasteiger partial charge in [-0.05, 0) is 30.2 Å². The minimum Gasteiger partial charge on any atom is -0.352 e. The zero-order chi connectivity index (χ0) is 12.1. The fraction of sp³-hybridized carbons (Fsp3) is 0.0667. The lowest BCUT2D eigenvalue weighted by molar-refractivity contribution is 0.0958. The van der Waals surface area contributed by atoms with Crippen LogP contribution >= 0.6 is 0 Å². The lowest BCUT2D eigenvalue weighted by Gasteiger charge is -2.04. The molecule has 2 rings (SSSR count). The molecule has 0 saturated carbocycles. The van der Waals surface area contributed by atoms with Gasteiger partial charge in [0.05, 0.1) is 0 Å². The maximum atomic E-state index is 11.5. The standard InChI is InChI=1S/C15H14NO/c1-2-16-15(17)14-10-8-13(9-11-14)12-6-4-3-5-7-12/h3-11H,1-2H2,(H,16,17). The van der Waals surface area contributed by atoms with Gasteiger partial charge in [-0.15, -0.1) is 0 Å². The van der Waals surface area contributed by atoms with Gasteiger partial charge in [0.1, 0.15) is 0 Å². The monoisotopic (exact) mass is 224 g/mol. The Morgan fingerprint density at radius 2 is 1.53 bits per heavy atom. The Morgan fingerprint density at radius 1 is 0.941 bits per heavy atom. The quantitative estimate of drug-likeness (QED) is 0.853. The molecule has 2 nitrogen and oxygen atoms in total. The molecular weight excluding hydrogens is 210 g/mol. The summed E-state index contributed by atoms with van der Waals surface area (Å²) in [5.74, 6) is -0.0837. The molecule has 0 atom stereocenters. The van der Waals surface area contributed by atoms with Crippen LogP contribution in [0.2, 0.25) is 0 Å². The summed E-state index contributed by atoms with van der Waals surface area (Å²) in [7, 11) is 0. The van der Waals surface area contributed by atoms with Crippen LogP contribution in [0.25, 0.3) is 11.1 Å². The number of hydrogen-bond acceptors (Lipinski definition) is 1. The molecule has 85 valence electrons. The first-order valence-corrected chi connectivity index (χ1v) is 5.54. The van der Waals surface area contributed by atoms with E-state index in [1.165, 1.54) is 0 Å². The van der Waals surface area contributed by atoms with E-state index in [0.717, 1.165) is 11.1 Å². The van der Waals surface area contributed by atoms with Gasteiger partial charge in [-0.25, -0.2) is 0 Å². The van der Waals surface area contributed by atoms with Crippen LogP contribution in [0.3, 0.4) is 0 Å². The van der Waals surface area contributed by atoms with Crippen molar-refractivity contribution in [1.29, 1.82) is 0 Å². The molecule has 0 unspecified atom stereocenters. The van der Waals surface area contributed by atoms with Crippen LogP contribution in [0, 0.1) is 6.92 Å². The van der Waals surface area contributed by atoms with E-state index >= 15 is 0 Å². The summed E-state index contributed by atoms with van der Waals surface area (Å²) in [6, 6.07) is 17.6. The number of carbonyl (C=O) groups excluding carboxylic acids is 1. The Labute approximate surface area is 101 Å². The van der Waals surface area contributed by atoms with Crippen molar-refractivity contribution in [2.45, 2.75) is 0 Å². The lowest BCUT2D eigenvalue weighted by Crippen LogP contribution is -2.22. The number of carbonyl (C=O) groups is 1. The number of nitrogens with one attached hydrogen (secondary N) is 1. The summed E-state index contributed by atoms with van der Waals surface area (Å²) in [6.45, 7) is 3.99. The van der Waals surface area contributed by atoms with E-state index in [0.29, 0.717) is 12.1 Å². The van der Waals surface area contributed by atoms with E-state index in [9.17, 15) is 4.79 Å². The van der Waals surface area contributed by atoms with Gasteiger partial charge < -0.3 is 5.32 Å². The molecule has 2 aromatic rings. The molecule has 1 amide bonds. The summed E-state index contributed by atoms with van der Waals surface area (Å²) in [6.07, 6.45) is 0. The first-order chi connectivity index (χ1) is 8.31. The Balaban J connectivity index is 2.22. The SMILES string of the molecule is [CH2]CNC(=O)c1ccc(-c2ccccc2)cc1. The van der Waals surface area contributed by atoms with Crippen molar-refractivity contribution >= 4 is 5.91 Å². The van der Waals surface area contributed by atoms with Gasteiger partial charge in [0, 0.05) is 12.1 Å². The summed E-state index contributed by atoms with van der Waals surface area (Å²) in [4.78, 5) is 11.5. The highest BCUT2D eigenvalue weighted by molar-refractivity contribution is 5.94. The number of amides is 1. The first kappa shape index (κ1) is 11.4. The van der Waals surface area contributed by atoms with Gasteiger partial charge in [0.15, 0.2) is 0 Å². The third-order valence-electron chi connectivity index (χ3n) is 2.54. The Kier molecular flexibility index (Phi) is 3.55. The van der Waals surface area contributed by atoms with Crippen LogP contribution in [0.15, 0.2) is 54.6 Å². The molecule has 0 bridgehead atoms. The van der Waals surface area contributed by atoms with Gasteiger partial charge >= 0.3 is 0 Å². The van der Waals surface area contributed by atoms with Crippen molar-refractivity contribution in [2.24, 2.45) is 0 Å². The van der Waals surface area contributed by atoms with Crippen molar-refractivity contribution in [3.05, 3.63) is 67.1 Å². The van der Waals surface area contributed by atoms with Crippen LogP contribution in [-0.4, -0.2) is 12.5 Å². The lowest BCUT2D eigenvalue weighted by atomic mass is 10.0. The Bertz CT molecular complexity index is 488. The molecule has 0 spiro atoms. The average Bonchev–Trinajstić information content (AvgIpc) is 2.40. The minimum absolute atomic E-state index is 0.0837. The topological polar surface area (TPSA) is 29.1 Å². The van der Waals surface area contributed by atoms with Gasteiger partial charge in [0.2, 0.25) is 0 Å². The van der Waals surface area contributed by atoms with Gasteiger partial charge in [-0.2, -0.15) is 0 Å². The van der Waals surface area contributed by atoms with Crippen LogP contribution in [0.5, 0.6) is 0 Å². The summed E-state index contributed by atoms with van der Waals surface area (Å²) < 4.78 is 0. The third-order valence-corrected chi connectivity index (χ3v) is 2.54. The maximum absolute atomic E-state index is 11.5. The second kappa shape index (κ2) is 5.30. The first-order valence-electron chi connectivity index (χ1n) is 5.54. The molecule has 0 aromatic heterocycles. The van der Waals surface area contributed by atoms with E-state index in [2.05, 4.69) is 12.2 Å². The molecule has 1 radical (unpaired) electrons. The number of rotatable bonds is 3. The fourth-order valence-electron chi connectivity index (χ4n) is 1.66. The van der Waals surface area contributed by atoms with Crippen LogP contribution < -0.4 is 5.32 Å². The van der Waals surface area contributed by atoms with E-state index < -0.39 is 0 Å². The highest BCUT2D eigenvalue weighted by atomic mass is 16.1. The maximum Gasteiger partial charge on any atom is 0.251 e. The number of benzene rings is 2. The van der Waals surface area contributed by atoms with Crippen molar-refractivity contribution in [2.75, 3.05) is 6.54 Å². The molecule has 0 fully saturated rings. The van der Waals surface area contributed by atoms with Gasteiger partial charge in [0.25, 0.3) is 5.91 Å². The van der Waals surface area contributed by atoms with Crippen molar-refractivity contribution in [3.63, 3.8) is 0 Å². The van der Waals surface area contributed by atoms with E-state index in [4.69, 9.17) is 0 Å². The summed E-state index contributed by atoms with van der Waals surface area (Å²) in [5.41, 5.74) is 2.92. The van der Waals surface area contributed by atoms with Crippen molar-refractivity contribution in [1.82, 2.24) is 5.32 Å².